The number of hydrogen-bond acceptors (Lipinski definition) is 5. The molecule has 0 radical (unpaired) electrons. The van der Waals surface area contributed by atoms with Crippen molar-refractivity contribution in [1.29, 1.82) is 0 Å². The fourth-order valence-corrected chi connectivity index (χ4v) is 2.64. The molecule has 1 aliphatic heterocycles. The summed E-state index contributed by atoms with van der Waals surface area (Å²) in [5, 5.41) is 11.0. The molecule has 21 heavy (non-hydrogen) atoms. The van der Waals surface area contributed by atoms with E-state index in [1.165, 1.54) is 6.07 Å². The third-order valence-corrected chi connectivity index (χ3v) is 3.47. The summed E-state index contributed by atoms with van der Waals surface area (Å²) in [6, 6.07) is 4.92. The Morgan fingerprint density at radius 2 is 2.05 bits per heavy atom. The van der Waals surface area contributed by atoms with Gasteiger partial charge in [0.25, 0.3) is 0 Å². The summed E-state index contributed by atoms with van der Waals surface area (Å²) in [4.78, 5) is 12.8. The molecule has 0 spiro atoms. The van der Waals surface area contributed by atoms with Crippen LogP contribution in [0.25, 0.3) is 0 Å². The second-order valence-electron chi connectivity index (χ2n) is 5.59. The lowest BCUT2D eigenvalue weighted by molar-refractivity contribution is -0.385. The van der Waals surface area contributed by atoms with Gasteiger partial charge < -0.3 is 9.47 Å². The third kappa shape index (κ3) is 4.41. The molecule has 1 aromatic carbocycles. The molecule has 1 fully saturated rings. The molecule has 1 aliphatic rings. The minimum absolute atomic E-state index is 0.0179. The summed E-state index contributed by atoms with van der Waals surface area (Å²) in [5.41, 5.74) is 0.966. The van der Waals surface area contributed by atoms with Crippen LogP contribution in [0.15, 0.2) is 18.2 Å². The van der Waals surface area contributed by atoms with E-state index in [4.69, 9.17) is 9.47 Å². The maximum absolute atomic E-state index is 11.0. The number of nitrogens with zero attached hydrogens (tertiary/aromatic N) is 2. The van der Waals surface area contributed by atoms with Gasteiger partial charge in [-0.15, -0.1) is 0 Å². The summed E-state index contributed by atoms with van der Waals surface area (Å²) in [7, 11) is 0. The standard InChI is InChI=1S/C15H22N2O4/c1-11-4-5-14(17(18)19)15(8-11)20-7-6-16-9-12(2)21-13(3)10-16/h4-5,8,12-13H,6-7,9-10H2,1-3H3/t12-,13-/m0/s1. The second-order valence-corrected chi connectivity index (χ2v) is 5.59. The Morgan fingerprint density at radius 1 is 1.38 bits per heavy atom. The molecule has 6 nitrogen and oxygen atoms in total. The number of nitro benzene ring substituents is 1. The third-order valence-electron chi connectivity index (χ3n) is 3.47. The van der Waals surface area contributed by atoms with Crippen LogP contribution in [-0.2, 0) is 4.74 Å². The van der Waals surface area contributed by atoms with Crippen LogP contribution in [0.3, 0.4) is 0 Å². The van der Waals surface area contributed by atoms with Gasteiger partial charge in [0.15, 0.2) is 5.75 Å². The van der Waals surface area contributed by atoms with E-state index < -0.39 is 4.92 Å². The zero-order valence-electron chi connectivity index (χ0n) is 12.7. The van der Waals surface area contributed by atoms with E-state index >= 15 is 0 Å². The Morgan fingerprint density at radius 3 is 2.67 bits per heavy atom. The van der Waals surface area contributed by atoms with Crippen molar-refractivity contribution in [2.75, 3.05) is 26.2 Å². The molecular formula is C15H22N2O4. The molecular weight excluding hydrogens is 272 g/mol. The molecule has 1 saturated heterocycles. The van der Waals surface area contributed by atoms with Crippen LogP contribution in [0.1, 0.15) is 19.4 Å². The highest BCUT2D eigenvalue weighted by Crippen LogP contribution is 2.27. The van der Waals surface area contributed by atoms with Crippen LogP contribution < -0.4 is 4.74 Å². The average Bonchev–Trinajstić information content (AvgIpc) is 2.37. The minimum atomic E-state index is -0.409. The van der Waals surface area contributed by atoms with Crippen LogP contribution >= 0.6 is 0 Å². The van der Waals surface area contributed by atoms with Gasteiger partial charge in [0, 0.05) is 25.7 Å². The Bertz CT molecular complexity index is 496. The van der Waals surface area contributed by atoms with Gasteiger partial charge in [-0.05, 0) is 32.4 Å². The lowest BCUT2D eigenvalue weighted by atomic mass is 10.2. The Hall–Kier alpha value is -1.66. The summed E-state index contributed by atoms with van der Waals surface area (Å²) >= 11 is 0. The highest BCUT2D eigenvalue weighted by Gasteiger charge is 2.22. The molecule has 0 aromatic heterocycles. The number of ether oxygens (including phenoxy) is 2. The van der Waals surface area contributed by atoms with Crippen LogP contribution in [0.4, 0.5) is 5.69 Å². The number of morpholine rings is 1. The summed E-state index contributed by atoms with van der Waals surface area (Å²) in [6.45, 7) is 8.89. The zero-order valence-corrected chi connectivity index (χ0v) is 12.7. The van der Waals surface area contributed by atoms with Gasteiger partial charge in [-0.3, -0.25) is 15.0 Å². The van der Waals surface area contributed by atoms with Crippen LogP contribution in [0, 0.1) is 17.0 Å². The Kier molecular flexibility index (Phi) is 5.14. The zero-order chi connectivity index (χ0) is 15.4. The SMILES string of the molecule is Cc1ccc([N+](=O)[O-])c(OCCN2C[C@H](C)O[C@@H](C)C2)c1. The predicted molar refractivity (Wildman–Crippen MR) is 79.8 cm³/mol. The maximum Gasteiger partial charge on any atom is 0.310 e. The van der Waals surface area contributed by atoms with Gasteiger partial charge in [-0.2, -0.15) is 0 Å². The van der Waals surface area contributed by atoms with E-state index in [9.17, 15) is 10.1 Å². The number of benzene rings is 1. The van der Waals surface area contributed by atoms with E-state index in [0.29, 0.717) is 12.4 Å². The molecule has 0 aliphatic carbocycles. The van der Waals surface area contributed by atoms with Crippen molar-refractivity contribution in [3.63, 3.8) is 0 Å². The molecule has 0 N–H and O–H groups in total. The number of nitro groups is 1. The molecule has 1 aromatic rings. The molecule has 116 valence electrons. The van der Waals surface area contributed by atoms with Crippen molar-refractivity contribution in [2.24, 2.45) is 0 Å². The fourth-order valence-electron chi connectivity index (χ4n) is 2.64. The second kappa shape index (κ2) is 6.87. The van der Waals surface area contributed by atoms with Crippen LogP contribution in [0.5, 0.6) is 5.75 Å². The molecule has 2 rings (SSSR count). The maximum atomic E-state index is 11.0. The van der Waals surface area contributed by atoms with Gasteiger partial charge in [0.2, 0.25) is 0 Å². The Labute approximate surface area is 124 Å². The van der Waals surface area contributed by atoms with E-state index in [1.807, 2.05) is 6.92 Å². The summed E-state index contributed by atoms with van der Waals surface area (Å²) in [6.07, 6.45) is 0.420. The lowest BCUT2D eigenvalue weighted by Crippen LogP contribution is -2.46. The molecule has 0 saturated carbocycles. The van der Waals surface area contributed by atoms with Gasteiger partial charge >= 0.3 is 5.69 Å². The average molecular weight is 294 g/mol. The van der Waals surface area contributed by atoms with Crippen molar-refractivity contribution in [1.82, 2.24) is 4.90 Å². The predicted octanol–water partition coefficient (Wildman–Crippen LogP) is 2.39. The molecule has 0 unspecified atom stereocenters. The first-order valence-corrected chi connectivity index (χ1v) is 7.21. The first kappa shape index (κ1) is 15.7. The van der Waals surface area contributed by atoms with E-state index in [0.717, 1.165) is 25.2 Å². The highest BCUT2D eigenvalue weighted by atomic mass is 16.6. The Balaban J connectivity index is 1.91. The van der Waals surface area contributed by atoms with Gasteiger partial charge in [-0.25, -0.2) is 0 Å². The lowest BCUT2D eigenvalue weighted by Gasteiger charge is -2.35. The van der Waals surface area contributed by atoms with E-state index in [1.54, 1.807) is 12.1 Å². The summed E-state index contributed by atoms with van der Waals surface area (Å²) in [5.74, 6) is 0.342. The number of rotatable bonds is 5. The topological polar surface area (TPSA) is 64.8 Å². The first-order chi connectivity index (χ1) is 9.95. The van der Waals surface area contributed by atoms with Gasteiger partial charge in [-0.1, -0.05) is 6.07 Å². The minimum Gasteiger partial charge on any atom is -0.485 e. The van der Waals surface area contributed by atoms with Crippen molar-refractivity contribution >= 4 is 5.69 Å². The largest absolute Gasteiger partial charge is 0.485 e. The monoisotopic (exact) mass is 294 g/mol. The van der Waals surface area contributed by atoms with E-state index in [-0.39, 0.29) is 17.9 Å². The van der Waals surface area contributed by atoms with Gasteiger partial charge in [0.1, 0.15) is 6.61 Å². The molecule has 1 heterocycles. The van der Waals surface area contributed by atoms with E-state index in [2.05, 4.69) is 18.7 Å². The molecule has 0 amide bonds. The van der Waals surface area contributed by atoms with Crippen molar-refractivity contribution < 1.29 is 14.4 Å². The molecule has 2 atom stereocenters. The number of aryl methyl sites for hydroxylation is 1. The highest BCUT2D eigenvalue weighted by molar-refractivity contribution is 5.48. The van der Waals surface area contributed by atoms with Crippen LogP contribution in [-0.4, -0.2) is 48.3 Å². The molecule has 0 bridgehead atoms. The van der Waals surface area contributed by atoms with Crippen LogP contribution in [0.2, 0.25) is 0 Å². The fraction of sp³-hybridized carbons (Fsp3) is 0.600. The first-order valence-electron chi connectivity index (χ1n) is 7.21. The molecule has 6 heteroatoms. The quantitative estimate of drug-likeness (QED) is 0.616. The smallest absolute Gasteiger partial charge is 0.310 e. The normalized spacial score (nSPS) is 23.0. The van der Waals surface area contributed by atoms with Crippen molar-refractivity contribution in [2.45, 2.75) is 33.0 Å². The van der Waals surface area contributed by atoms with Crippen molar-refractivity contribution in [3.8, 4) is 5.75 Å². The summed E-state index contributed by atoms with van der Waals surface area (Å²) < 4.78 is 11.3. The van der Waals surface area contributed by atoms with Gasteiger partial charge in [0.05, 0.1) is 17.1 Å². The number of hydrogen-bond donors (Lipinski definition) is 0. The van der Waals surface area contributed by atoms with Crippen molar-refractivity contribution in [3.05, 3.63) is 33.9 Å².